The lowest BCUT2D eigenvalue weighted by molar-refractivity contribution is 0.796. The summed E-state index contributed by atoms with van der Waals surface area (Å²) in [6.45, 7) is 2.13. The second-order valence-electron chi connectivity index (χ2n) is 10.6. The Morgan fingerprint density at radius 3 is 1.29 bits per heavy atom. The van der Waals surface area contributed by atoms with Crippen molar-refractivity contribution in [1.29, 1.82) is 0 Å². The molecule has 2 aliphatic carbocycles. The van der Waals surface area contributed by atoms with Gasteiger partial charge in [-0.3, -0.25) is 0 Å². The van der Waals surface area contributed by atoms with Crippen molar-refractivity contribution in [2.24, 2.45) is 0 Å². The summed E-state index contributed by atoms with van der Waals surface area (Å²) < 4.78 is 0. The molecule has 0 heteroatoms. The first-order chi connectivity index (χ1) is 18.8. The third-order valence-electron chi connectivity index (χ3n) is 8.59. The van der Waals surface area contributed by atoms with Gasteiger partial charge in [0.25, 0.3) is 0 Å². The number of rotatable bonds is 2. The minimum absolute atomic E-state index is 0.328. The third-order valence-corrected chi connectivity index (χ3v) is 8.59. The summed E-state index contributed by atoms with van der Waals surface area (Å²) in [7, 11) is 0. The zero-order valence-corrected chi connectivity index (χ0v) is 21.3. The highest BCUT2D eigenvalue weighted by molar-refractivity contribution is 5.98. The van der Waals surface area contributed by atoms with Crippen molar-refractivity contribution < 1.29 is 0 Å². The van der Waals surface area contributed by atoms with Crippen molar-refractivity contribution in [3.8, 4) is 44.5 Å². The molecule has 0 aliphatic heterocycles. The topological polar surface area (TPSA) is 0 Å². The van der Waals surface area contributed by atoms with E-state index in [-0.39, 0.29) is 5.41 Å². The molecular formula is C38H26. The summed E-state index contributed by atoms with van der Waals surface area (Å²) in [6, 6.07) is 51.8. The van der Waals surface area contributed by atoms with Gasteiger partial charge in [-0.2, -0.15) is 0 Å². The maximum Gasteiger partial charge on any atom is 0.0731 e. The lowest BCUT2D eigenvalue weighted by Gasteiger charge is -2.32. The van der Waals surface area contributed by atoms with Crippen LogP contribution in [0.3, 0.4) is 0 Å². The van der Waals surface area contributed by atoms with Gasteiger partial charge in [-0.15, -0.1) is 0 Å². The van der Waals surface area contributed by atoms with Crippen molar-refractivity contribution in [3.63, 3.8) is 0 Å². The van der Waals surface area contributed by atoms with Gasteiger partial charge in [0.15, 0.2) is 0 Å². The molecule has 0 unspecified atom stereocenters. The van der Waals surface area contributed by atoms with E-state index < -0.39 is 0 Å². The van der Waals surface area contributed by atoms with Gasteiger partial charge in [0.1, 0.15) is 0 Å². The molecule has 8 rings (SSSR count). The Bertz CT molecular complexity index is 1790. The lowest BCUT2D eigenvalue weighted by atomic mass is 9.68. The Morgan fingerprint density at radius 1 is 0.342 bits per heavy atom. The molecule has 38 heavy (non-hydrogen) atoms. The number of fused-ring (bicyclic) bond motifs is 10. The van der Waals surface area contributed by atoms with E-state index in [0.717, 1.165) is 0 Å². The zero-order valence-electron chi connectivity index (χ0n) is 21.3. The van der Waals surface area contributed by atoms with E-state index in [4.69, 9.17) is 0 Å². The molecule has 0 heterocycles. The van der Waals surface area contributed by atoms with Crippen LogP contribution in [0.4, 0.5) is 0 Å². The van der Waals surface area contributed by atoms with E-state index in [1.165, 1.54) is 72.3 Å². The van der Waals surface area contributed by atoms with Crippen LogP contribution in [-0.4, -0.2) is 0 Å². The molecule has 2 aliphatic rings. The van der Waals surface area contributed by atoms with E-state index in [2.05, 4.69) is 146 Å². The Morgan fingerprint density at radius 2 is 0.737 bits per heavy atom. The van der Waals surface area contributed by atoms with Crippen LogP contribution in [0.25, 0.3) is 44.5 Å². The molecule has 0 amide bonds. The summed E-state index contributed by atoms with van der Waals surface area (Å²) >= 11 is 0. The second kappa shape index (κ2) is 7.91. The molecule has 0 N–H and O–H groups in total. The molecule has 6 aromatic carbocycles. The molecule has 0 saturated heterocycles. The molecule has 0 atom stereocenters. The van der Waals surface area contributed by atoms with E-state index in [0.29, 0.717) is 0 Å². The van der Waals surface area contributed by atoms with Gasteiger partial charge < -0.3 is 0 Å². The highest BCUT2D eigenvalue weighted by Gasteiger charge is 2.52. The zero-order chi connectivity index (χ0) is 25.3. The fraction of sp³-hybridized carbons (Fsp3) is 0.0526. The highest BCUT2D eigenvalue weighted by Crippen LogP contribution is 2.64. The summed E-state index contributed by atoms with van der Waals surface area (Å²) in [6.07, 6.45) is 0. The standard InChI is InChI=1S/C38H26/c1-25-17-19-26(20-18-25)27-21-23-28(24-22-27)29-12-8-13-33-32-11-4-7-16-36(32)38(37(29)33)34-14-5-2-9-30(34)31-10-3-6-15-35(31)38/h2-24H,1H3. The Hall–Kier alpha value is -4.68. The van der Waals surface area contributed by atoms with Crippen LogP contribution < -0.4 is 0 Å². The fourth-order valence-corrected chi connectivity index (χ4v) is 6.98. The molecule has 6 aromatic rings. The van der Waals surface area contributed by atoms with E-state index in [1.807, 2.05) is 0 Å². The van der Waals surface area contributed by atoms with Crippen molar-refractivity contribution >= 4 is 0 Å². The van der Waals surface area contributed by atoms with Gasteiger partial charge in [-0.05, 0) is 73.7 Å². The van der Waals surface area contributed by atoms with Gasteiger partial charge in [-0.25, -0.2) is 0 Å². The van der Waals surface area contributed by atoms with Crippen LogP contribution in [0.15, 0.2) is 140 Å². The van der Waals surface area contributed by atoms with E-state index in [1.54, 1.807) is 0 Å². The van der Waals surface area contributed by atoms with E-state index >= 15 is 0 Å². The maximum atomic E-state index is 2.35. The van der Waals surface area contributed by atoms with Gasteiger partial charge in [-0.1, -0.05) is 145 Å². The maximum absolute atomic E-state index is 2.35. The largest absolute Gasteiger partial charge is 0.0731 e. The van der Waals surface area contributed by atoms with Crippen molar-refractivity contribution in [2.75, 3.05) is 0 Å². The average Bonchev–Trinajstić information content (AvgIpc) is 3.45. The fourth-order valence-electron chi connectivity index (χ4n) is 6.98. The summed E-state index contributed by atoms with van der Waals surface area (Å²) in [4.78, 5) is 0. The van der Waals surface area contributed by atoms with Crippen molar-refractivity contribution in [2.45, 2.75) is 12.3 Å². The van der Waals surface area contributed by atoms with E-state index in [9.17, 15) is 0 Å². The molecular weight excluding hydrogens is 456 g/mol. The normalized spacial score (nSPS) is 13.6. The lowest BCUT2D eigenvalue weighted by Crippen LogP contribution is -2.26. The number of hydrogen-bond donors (Lipinski definition) is 0. The molecule has 0 fully saturated rings. The predicted molar refractivity (Wildman–Crippen MR) is 158 cm³/mol. The molecule has 0 saturated carbocycles. The minimum Gasteiger partial charge on any atom is -0.0619 e. The number of hydrogen-bond acceptors (Lipinski definition) is 0. The highest BCUT2D eigenvalue weighted by atomic mass is 14.5. The predicted octanol–water partition coefficient (Wildman–Crippen LogP) is 9.67. The molecule has 0 aromatic heterocycles. The second-order valence-corrected chi connectivity index (χ2v) is 10.6. The first kappa shape index (κ1) is 21.4. The van der Waals surface area contributed by atoms with Crippen LogP contribution in [-0.2, 0) is 5.41 Å². The van der Waals surface area contributed by atoms with Crippen molar-refractivity contribution in [3.05, 3.63) is 167 Å². The van der Waals surface area contributed by atoms with Crippen LogP contribution >= 0.6 is 0 Å². The Labute approximate surface area is 223 Å². The SMILES string of the molecule is Cc1ccc(-c2ccc(-c3cccc4c3C3(c5ccccc5-c5ccccc53)c3ccccc3-4)cc2)cc1. The molecule has 1 spiro atoms. The van der Waals surface area contributed by atoms with Crippen LogP contribution in [0.1, 0.15) is 27.8 Å². The third kappa shape index (κ3) is 2.75. The average molecular weight is 483 g/mol. The first-order valence-corrected chi connectivity index (χ1v) is 13.4. The number of aryl methyl sites for hydroxylation is 1. The molecule has 0 bridgehead atoms. The van der Waals surface area contributed by atoms with Crippen molar-refractivity contribution in [1.82, 2.24) is 0 Å². The molecule has 0 radical (unpaired) electrons. The molecule has 178 valence electrons. The summed E-state index contributed by atoms with van der Waals surface area (Å²) in [5.74, 6) is 0. The smallest absolute Gasteiger partial charge is 0.0619 e. The van der Waals surface area contributed by atoms with Gasteiger partial charge >= 0.3 is 0 Å². The first-order valence-electron chi connectivity index (χ1n) is 13.4. The Balaban J connectivity index is 1.42. The van der Waals surface area contributed by atoms with Crippen LogP contribution in [0.5, 0.6) is 0 Å². The van der Waals surface area contributed by atoms with Crippen LogP contribution in [0, 0.1) is 6.92 Å². The Kier molecular flexibility index (Phi) is 4.46. The molecule has 0 nitrogen and oxygen atoms in total. The number of benzene rings is 6. The monoisotopic (exact) mass is 482 g/mol. The van der Waals surface area contributed by atoms with Gasteiger partial charge in [0.05, 0.1) is 5.41 Å². The van der Waals surface area contributed by atoms with Crippen LogP contribution in [0.2, 0.25) is 0 Å². The summed E-state index contributed by atoms with van der Waals surface area (Å²) in [5, 5.41) is 0. The quantitative estimate of drug-likeness (QED) is 0.230. The minimum atomic E-state index is -0.328. The van der Waals surface area contributed by atoms with Gasteiger partial charge in [0.2, 0.25) is 0 Å². The van der Waals surface area contributed by atoms with Gasteiger partial charge in [0, 0.05) is 0 Å². The summed E-state index contributed by atoms with van der Waals surface area (Å²) in [5.41, 5.74) is 16.9.